The lowest BCUT2D eigenvalue weighted by molar-refractivity contribution is -0.132. The van der Waals surface area contributed by atoms with Crippen LogP contribution in [0.25, 0.3) is 0 Å². The maximum Gasteiger partial charge on any atom is 0.242 e. The Bertz CT molecular complexity index is 507. The van der Waals surface area contributed by atoms with Crippen molar-refractivity contribution in [1.82, 2.24) is 4.90 Å². The van der Waals surface area contributed by atoms with Crippen LogP contribution in [0.15, 0.2) is 12.1 Å². The first-order chi connectivity index (χ1) is 9.50. The van der Waals surface area contributed by atoms with Crippen LogP contribution in [0, 0.1) is 17.5 Å². The fourth-order valence-electron chi connectivity index (χ4n) is 2.40. The molecule has 1 aliphatic rings. The molecule has 1 amide bonds. The third-order valence-electron chi connectivity index (χ3n) is 3.59. The minimum atomic E-state index is -1.53. The van der Waals surface area contributed by atoms with Gasteiger partial charge >= 0.3 is 0 Å². The summed E-state index contributed by atoms with van der Waals surface area (Å²) in [6.07, 6.45) is 3.00. The molecule has 1 heterocycles. The van der Waals surface area contributed by atoms with Gasteiger partial charge in [0.1, 0.15) is 0 Å². The van der Waals surface area contributed by atoms with Crippen LogP contribution in [0.2, 0.25) is 0 Å². The Kier molecular flexibility index (Phi) is 4.52. The molecule has 1 saturated heterocycles. The summed E-state index contributed by atoms with van der Waals surface area (Å²) in [5.74, 6) is -4.25. The maximum atomic E-state index is 13.4. The van der Waals surface area contributed by atoms with E-state index in [0.29, 0.717) is 6.54 Å². The first kappa shape index (κ1) is 14.7. The van der Waals surface area contributed by atoms with Crippen LogP contribution in [0.5, 0.6) is 0 Å². The van der Waals surface area contributed by atoms with Crippen LogP contribution in [-0.2, 0) is 4.79 Å². The highest BCUT2D eigenvalue weighted by atomic mass is 19.2. The molecule has 1 unspecified atom stereocenters. The van der Waals surface area contributed by atoms with Crippen LogP contribution < -0.4 is 5.32 Å². The lowest BCUT2D eigenvalue weighted by Gasteiger charge is -2.33. The highest BCUT2D eigenvalue weighted by Gasteiger charge is 2.23. The normalized spacial score (nSPS) is 19.0. The lowest BCUT2D eigenvalue weighted by atomic mass is 10.0. The molecule has 1 fully saturated rings. The highest BCUT2D eigenvalue weighted by molar-refractivity contribution is 5.81. The molecule has 0 saturated carbocycles. The van der Waals surface area contributed by atoms with Gasteiger partial charge in [0.2, 0.25) is 5.91 Å². The largest absolute Gasteiger partial charge is 0.374 e. The molecule has 3 nitrogen and oxygen atoms in total. The molecule has 1 aromatic carbocycles. The van der Waals surface area contributed by atoms with E-state index in [4.69, 9.17) is 0 Å². The molecule has 0 radical (unpaired) electrons. The Morgan fingerprint density at radius 3 is 2.75 bits per heavy atom. The number of likely N-dealkylation sites (tertiary alicyclic amines) is 1. The molecule has 1 atom stereocenters. The fourth-order valence-corrected chi connectivity index (χ4v) is 2.40. The maximum absolute atomic E-state index is 13.4. The van der Waals surface area contributed by atoms with Gasteiger partial charge in [0, 0.05) is 12.6 Å². The molecule has 1 N–H and O–H groups in total. The monoisotopic (exact) mass is 286 g/mol. The van der Waals surface area contributed by atoms with E-state index < -0.39 is 17.5 Å². The average Bonchev–Trinajstić information content (AvgIpc) is 2.44. The highest BCUT2D eigenvalue weighted by Crippen LogP contribution is 2.20. The van der Waals surface area contributed by atoms with E-state index in [0.717, 1.165) is 31.4 Å². The van der Waals surface area contributed by atoms with Gasteiger partial charge in [-0.3, -0.25) is 4.79 Å². The van der Waals surface area contributed by atoms with E-state index in [2.05, 4.69) is 5.32 Å². The molecule has 1 aliphatic heterocycles. The fraction of sp³-hybridized carbons (Fsp3) is 0.500. The van der Waals surface area contributed by atoms with Crippen molar-refractivity contribution in [3.05, 3.63) is 29.6 Å². The van der Waals surface area contributed by atoms with Crippen molar-refractivity contribution in [1.29, 1.82) is 0 Å². The molecule has 0 bridgehead atoms. The van der Waals surface area contributed by atoms with E-state index >= 15 is 0 Å². The molecule has 2 rings (SSSR count). The van der Waals surface area contributed by atoms with E-state index in [9.17, 15) is 18.0 Å². The Balaban J connectivity index is 1.98. The number of hydrogen-bond acceptors (Lipinski definition) is 2. The van der Waals surface area contributed by atoms with Gasteiger partial charge in [0.15, 0.2) is 17.5 Å². The molecule has 0 aromatic heterocycles. The average molecular weight is 286 g/mol. The number of carbonyl (C=O) groups excluding carboxylic acids is 1. The molecular weight excluding hydrogens is 269 g/mol. The topological polar surface area (TPSA) is 32.3 Å². The zero-order valence-electron chi connectivity index (χ0n) is 11.3. The number of carbonyl (C=O) groups is 1. The summed E-state index contributed by atoms with van der Waals surface area (Å²) in [6.45, 7) is 2.52. The third-order valence-corrected chi connectivity index (χ3v) is 3.59. The van der Waals surface area contributed by atoms with Crippen molar-refractivity contribution < 1.29 is 18.0 Å². The standard InChI is InChI=1S/C14H17F3N2O/c1-9-4-2-3-7-19(9)12(20)8-18-11-6-5-10(15)13(16)14(11)17/h5-6,9,18H,2-4,7-8H2,1H3. The molecule has 20 heavy (non-hydrogen) atoms. The van der Waals surface area contributed by atoms with Gasteiger partial charge in [-0.1, -0.05) is 0 Å². The van der Waals surface area contributed by atoms with Crippen LogP contribution >= 0.6 is 0 Å². The predicted molar refractivity (Wildman–Crippen MR) is 69.8 cm³/mol. The van der Waals surface area contributed by atoms with Crippen molar-refractivity contribution in [2.24, 2.45) is 0 Å². The quantitative estimate of drug-likeness (QED) is 0.867. The predicted octanol–water partition coefficient (Wildman–Crippen LogP) is 2.92. The zero-order valence-corrected chi connectivity index (χ0v) is 11.3. The zero-order chi connectivity index (χ0) is 14.7. The molecule has 0 aliphatic carbocycles. The summed E-state index contributed by atoms with van der Waals surface area (Å²) in [5.41, 5.74) is -0.207. The Morgan fingerprint density at radius 1 is 1.30 bits per heavy atom. The van der Waals surface area contributed by atoms with Gasteiger partial charge in [-0.25, -0.2) is 13.2 Å². The van der Waals surface area contributed by atoms with E-state index in [1.54, 1.807) is 4.90 Å². The molecule has 6 heteroatoms. The second-order valence-electron chi connectivity index (χ2n) is 5.01. The van der Waals surface area contributed by atoms with Crippen molar-refractivity contribution in [3.8, 4) is 0 Å². The Hall–Kier alpha value is -1.72. The molecule has 110 valence electrons. The minimum Gasteiger partial charge on any atom is -0.374 e. The van der Waals surface area contributed by atoms with Gasteiger partial charge < -0.3 is 10.2 Å². The summed E-state index contributed by atoms with van der Waals surface area (Å²) in [5, 5.41) is 2.53. The minimum absolute atomic E-state index is 0.133. The van der Waals surface area contributed by atoms with Gasteiger partial charge in [-0.15, -0.1) is 0 Å². The SMILES string of the molecule is CC1CCCCN1C(=O)CNc1ccc(F)c(F)c1F. The van der Waals surface area contributed by atoms with Gasteiger partial charge in [-0.2, -0.15) is 0 Å². The number of hydrogen-bond donors (Lipinski definition) is 1. The van der Waals surface area contributed by atoms with Crippen LogP contribution in [0.3, 0.4) is 0 Å². The van der Waals surface area contributed by atoms with Gasteiger partial charge in [-0.05, 0) is 38.3 Å². The summed E-state index contributed by atoms with van der Waals surface area (Å²) >= 11 is 0. The summed E-state index contributed by atoms with van der Waals surface area (Å²) in [4.78, 5) is 13.7. The number of amides is 1. The Labute approximate surface area is 115 Å². The molecular formula is C14H17F3N2O. The number of rotatable bonds is 3. The summed E-state index contributed by atoms with van der Waals surface area (Å²) < 4.78 is 39.3. The second-order valence-corrected chi connectivity index (χ2v) is 5.01. The lowest BCUT2D eigenvalue weighted by Crippen LogP contribution is -2.44. The van der Waals surface area contributed by atoms with Crippen LogP contribution in [-0.4, -0.2) is 29.9 Å². The van der Waals surface area contributed by atoms with Gasteiger partial charge in [0.25, 0.3) is 0 Å². The van der Waals surface area contributed by atoms with Gasteiger partial charge in [0.05, 0.1) is 12.2 Å². The smallest absolute Gasteiger partial charge is 0.242 e. The molecule has 0 spiro atoms. The number of benzene rings is 1. The summed E-state index contributed by atoms with van der Waals surface area (Å²) in [6, 6.07) is 2.07. The van der Waals surface area contributed by atoms with E-state index in [1.165, 1.54) is 0 Å². The number of nitrogens with one attached hydrogen (secondary N) is 1. The Morgan fingerprint density at radius 2 is 2.05 bits per heavy atom. The van der Waals surface area contributed by atoms with Crippen molar-refractivity contribution in [2.45, 2.75) is 32.2 Å². The van der Waals surface area contributed by atoms with Crippen molar-refractivity contribution in [3.63, 3.8) is 0 Å². The number of halogens is 3. The first-order valence-electron chi connectivity index (χ1n) is 6.67. The van der Waals surface area contributed by atoms with E-state index in [-0.39, 0.29) is 24.2 Å². The first-order valence-corrected chi connectivity index (χ1v) is 6.67. The molecule has 1 aromatic rings. The van der Waals surface area contributed by atoms with Crippen molar-refractivity contribution in [2.75, 3.05) is 18.4 Å². The summed E-state index contributed by atoms with van der Waals surface area (Å²) in [7, 11) is 0. The third kappa shape index (κ3) is 3.05. The number of piperidine rings is 1. The van der Waals surface area contributed by atoms with Crippen molar-refractivity contribution >= 4 is 11.6 Å². The second kappa shape index (κ2) is 6.15. The van der Waals surface area contributed by atoms with E-state index in [1.807, 2.05) is 6.92 Å². The van der Waals surface area contributed by atoms with Crippen LogP contribution in [0.1, 0.15) is 26.2 Å². The van der Waals surface area contributed by atoms with Crippen LogP contribution in [0.4, 0.5) is 18.9 Å². The number of anilines is 1. The number of nitrogens with zero attached hydrogens (tertiary/aromatic N) is 1.